The summed E-state index contributed by atoms with van der Waals surface area (Å²) >= 11 is 6.36. The lowest BCUT2D eigenvalue weighted by molar-refractivity contribution is -0.199. The Balaban J connectivity index is 1.19. The van der Waals surface area contributed by atoms with Gasteiger partial charge in [-0.05, 0) is 79.0 Å². The Morgan fingerprint density at radius 3 is 2.61 bits per heavy atom. The van der Waals surface area contributed by atoms with E-state index in [9.17, 15) is 4.79 Å². The van der Waals surface area contributed by atoms with Crippen LogP contribution in [-0.4, -0.2) is 86.9 Å². The van der Waals surface area contributed by atoms with Crippen LogP contribution in [0.2, 0.25) is 5.15 Å². The second kappa shape index (κ2) is 9.34. The van der Waals surface area contributed by atoms with E-state index in [1.54, 1.807) is 6.20 Å². The van der Waals surface area contributed by atoms with Crippen LogP contribution >= 0.6 is 11.6 Å². The topological polar surface area (TPSA) is 78.3 Å². The molecule has 0 N–H and O–H groups in total. The van der Waals surface area contributed by atoms with Crippen LogP contribution in [0.25, 0.3) is 10.9 Å². The molecule has 0 saturated carbocycles. The van der Waals surface area contributed by atoms with E-state index in [0.29, 0.717) is 18.2 Å². The van der Waals surface area contributed by atoms with Crippen LogP contribution in [0.5, 0.6) is 0 Å². The molecule has 208 valence electrons. The molecule has 0 radical (unpaired) electrons. The molecule has 10 heteroatoms. The molecule has 1 spiro atoms. The van der Waals surface area contributed by atoms with Crippen molar-refractivity contribution < 1.29 is 23.7 Å². The summed E-state index contributed by atoms with van der Waals surface area (Å²) in [7, 11) is 0. The van der Waals surface area contributed by atoms with E-state index in [1.165, 1.54) is 0 Å². The van der Waals surface area contributed by atoms with E-state index in [2.05, 4.69) is 14.5 Å². The molecule has 0 aliphatic carbocycles. The lowest BCUT2D eigenvalue weighted by atomic mass is 9.84. The lowest BCUT2D eigenvalue weighted by Gasteiger charge is -2.46. The summed E-state index contributed by atoms with van der Waals surface area (Å²) in [5.41, 5.74) is 0.557. The Bertz CT molecular complexity index is 1200. The number of hydrogen-bond acceptors (Lipinski definition) is 7. The summed E-state index contributed by atoms with van der Waals surface area (Å²) in [5.74, 6) is -0.681. The summed E-state index contributed by atoms with van der Waals surface area (Å²) in [6.07, 6.45) is 6.79. The van der Waals surface area contributed by atoms with Gasteiger partial charge in [0, 0.05) is 43.0 Å². The fourth-order valence-corrected chi connectivity index (χ4v) is 7.02. The van der Waals surface area contributed by atoms with Gasteiger partial charge in [-0.25, -0.2) is 9.78 Å². The fraction of sp³-hybridized carbons (Fsp3) is 0.714. The summed E-state index contributed by atoms with van der Waals surface area (Å²) in [6, 6.07) is 3.94. The van der Waals surface area contributed by atoms with E-state index >= 15 is 0 Å². The molecule has 4 saturated heterocycles. The number of halogens is 1. The number of carbonyl (C=O) groups excluding carboxylic acids is 1. The largest absolute Gasteiger partial charge is 0.444 e. The zero-order valence-electron chi connectivity index (χ0n) is 23.0. The molecule has 6 heterocycles. The van der Waals surface area contributed by atoms with Crippen molar-refractivity contribution in [2.75, 3.05) is 26.2 Å². The van der Waals surface area contributed by atoms with Crippen LogP contribution in [0.4, 0.5) is 4.79 Å². The minimum Gasteiger partial charge on any atom is -0.444 e. The maximum Gasteiger partial charge on any atom is 0.410 e. The van der Waals surface area contributed by atoms with E-state index in [0.717, 1.165) is 49.7 Å². The molecule has 9 nitrogen and oxygen atoms in total. The van der Waals surface area contributed by atoms with Crippen molar-refractivity contribution in [2.45, 2.75) is 102 Å². The Labute approximate surface area is 229 Å². The number of nitrogens with zero attached hydrogens (tertiary/aromatic N) is 4. The van der Waals surface area contributed by atoms with Gasteiger partial charge in [0.05, 0.1) is 5.52 Å². The first-order valence-corrected chi connectivity index (χ1v) is 14.2. The second-order valence-corrected chi connectivity index (χ2v) is 13.0. The van der Waals surface area contributed by atoms with E-state index in [-0.39, 0.29) is 36.2 Å². The number of piperidine rings is 1. The molecule has 4 fully saturated rings. The van der Waals surface area contributed by atoms with Gasteiger partial charge in [-0.2, -0.15) is 0 Å². The molecule has 4 aliphatic heterocycles. The number of aromatic nitrogens is 2. The number of likely N-dealkylation sites (tertiary alicyclic amines) is 2. The summed E-state index contributed by atoms with van der Waals surface area (Å²) in [5, 5.41) is 1.37. The Morgan fingerprint density at radius 2 is 1.87 bits per heavy atom. The SMILES string of the molecule is CC(C)(C)OC(=O)N1CCC2(CCCN2C[C@H]2OC(n3ccc4c(Cl)nccc43)[C@@H]3OC(C)(C)O[C@H]23)CC1. The molecule has 0 bridgehead atoms. The third kappa shape index (κ3) is 4.70. The van der Waals surface area contributed by atoms with E-state index in [4.69, 9.17) is 30.5 Å². The van der Waals surface area contributed by atoms with Gasteiger partial charge in [-0.3, -0.25) is 4.90 Å². The maximum atomic E-state index is 12.7. The number of amides is 1. The molecule has 2 aromatic heterocycles. The average Bonchev–Trinajstić information content (AvgIpc) is 3.57. The molecule has 0 aromatic carbocycles. The smallest absolute Gasteiger partial charge is 0.410 e. The Morgan fingerprint density at radius 1 is 1.13 bits per heavy atom. The standard InChI is InChI=1S/C28H39ClN4O5/c1-26(2,3)38-25(34)31-15-10-28(11-16-31)9-6-13-32(28)17-20-21-22(37-27(4,5)36-21)24(35-20)33-14-8-18-19(33)7-12-30-23(18)29/h7-8,12,14,20-22,24H,6,9-11,13,15-17H2,1-5H3/t20-,21-,22-,24?/m1/s1. The van der Waals surface area contributed by atoms with Crippen molar-refractivity contribution in [2.24, 2.45) is 0 Å². The van der Waals surface area contributed by atoms with Gasteiger partial charge in [-0.15, -0.1) is 0 Å². The maximum absolute atomic E-state index is 12.7. The van der Waals surface area contributed by atoms with Gasteiger partial charge in [0.25, 0.3) is 0 Å². The van der Waals surface area contributed by atoms with E-state index < -0.39 is 11.4 Å². The highest BCUT2D eigenvalue weighted by atomic mass is 35.5. The monoisotopic (exact) mass is 546 g/mol. The molecule has 6 rings (SSSR count). The lowest BCUT2D eigenvalue weighted by Crippen LogP contribution is -2.56. The highest BCUT2D eigenvalue weighted by Crippen LogP contribution is 2.46. The minimum absolute atomic E-state index is 0.0732. The molecular formula is C28H39ClN4O5. The van der Waals surface area contributed by atoms with Gasteiger partial charge in [0.1, 0.15) is 29.1 Å². The van der Waals surface area contributed by atoms with Crippen LogP contribution in [0.15, 0.2) is 24.5 Å². The Kier molecular flexibility index (Phi) is 6.47. The summed E-state index contributed by atoms with van der Waals surface area (Å²) in [4.78, 5) is 21.3. The number of hydrogen-bond donors (Lipinski definition) is 0. The zero-order valence-corrected chi connectivity index (χ0v) is 23.7. The Hall–Kier alpha value is -1.91. The van der Waals surface area contributed by atoms with E-state index in [1.807, 2.05) is 57.8 Å². The molecular weight excluding hydrogens is 508 g/mol. The number of carbonyl (C=O) groups is 1. The first kappa shape index (κ1) is 26.3. The highest BCUT2D eigenvalue weighted by molar-refractivity contribution is 6.34. The van der Waals surface area contributed by atoms with Crippen molar-refractivity contribution in [3.63, 3.8) is 0 Å². The first-order chi connectivity index (χ1) is 17.9. The van der Waals surface area contributed by atoms with Crippen LogP contribution in [0.1, 0.15) is 66.5 Å². The highest BCUT2D eigenvalue weighted by Gasteiger charge is 2.57. The average molecular weight is 547 g/mol. The predicted molar refractivity (Wildman–Crippen MR) is 143 cm³/mol. The van der Waals surface area contributed by atoms with Crippen molar-refractivity contribution in [3.05, 3.63) is 29.7 Å². The molecule has 1 unspecified atom stereocenters. The first-order valence-electron chi connectivity index (χ1n) is 13.8. The van der Waals surface area contributed by atoms with Crippen LogP contribution in [0, 0.1) is 0 Å². The quantitative estimate of drug-likeness (QED) is 0.503. The number of fused-ring (bicyclic) bond motifs is 2. The fourth-order valence-electron chi connectivity index (χ4n) is 6.80. The predicted octanol–water partition coefficient (Wildman–Crippen LogP) is 4.97. The number of ether oxygens (including phenoxy) is 4. The molecule has 4 atom stereocenters. The molecule has 1 amide bonds. The number of rotatable bonds is 3. The van der Waals surface area contributed by atoms with Crippen LogP contribution < -0.4 is 0 Å². The molecule has 2 aromatic rings. The summed E-state index contributed by atoms with van der Waals surface area (Å²) < 4.78 is 27.3. The van der Waals surface area contributed by atoms with Crippen molar-refractivity contribution in [1.82, 2.24) is 19.4 Å². The zero-order chi connectivity index (χ0) is 26.9. The van der Waals surface area contributed by atoms with Gasteiger partial charge in [-0.1, -0.05) is 11.6 Å². The third-order valence-electron chi connectivity index (χ3n) is 8.49. The van der Waals surface area contributed by atoms with Gasteiger partial charge in [0.2, 0.25) is 0 Å². The van der Waals surface area contributed by atoms with Crippen LogP contribution in [0.3, 0.4) is 0 Å². The third-order valence-corrected chi connectivity index (χ3v) is 8.79. The normalized spacial score (nSPS) is 30.8. The van der Waals surface area contributed by atoms with Crippen molar-refractivity contribution >= 4 is 28.6 Å². The second-order valence-electron chi connectivity index (χ2n) is 12.6. The summed E-state index contributed by atoms with van der Waals surface area (Å²) in [6.45, 7) is 12.9. The molecule has 4 aliphatic rings. The van der Waals surface area contributed by atoms with Crippen molar-refractivity contribution in [1.29, 1.82) is 0 Å². The minimum atomic E-state index is -0.681. The van der Waals surface area contributed by atoms with Crippen LogP contribution in [-0.2, 0) is 18.9 Å². The van der Waals surface area contributed by atoms with Gasteiger partial charge < -0.3 is 28.4 Å². The molecule has 38 heavy (non-hydrogen) atoms. The number of pyridine rings is 1. The van der Waals surface area contributed by atoms with Crippen molar-refractivity contribution in [3.8, 4) is 0 Å². The van der Waals surface area contributed by atoms with Gasteiger partial charge >= 0.3 is 6.09 Å². The van der Waals surface area contributed by atoms with Gasteiger partial charge in [0.15, 0.2) is 12.0 Å².